The van der Waals surface area contributed by atoms with E-state index in [2.05, 4.69) is 24.8 Å². The predicted octanol–water partition coefficient (Wildman–Crippen LogP) is 2.74. The molecule has 0 saturated carbocycles. The molecule has 1 aliphatic rings. The molecule has 9 heteroatoms. The first-order valence-electron chi connectivity index (χ1n) is 8.36. The van der Waals surface area contributed by atoms with Gasteiger partial charge in [0, 0.05) is 6.61 Å². The Morgan fingerprint density at radius 3 is 2.08 bits per heavy atom. The zero-order valence-corrected chi connectivity index (χ0v) is 18.0. The van der Waals surface area contributed by atoms with E-state index in [1.165, 1.54) is 0 Å². The number of hydrogen-bond acceptors (Lipinski definition) is 7. The number of carbonyl (C=O) groups excluding carboxylic acids is 1. The van der Waals surface area contributed by atoms with Crippen molar-refractivity contribution in [3.05, 3.63) is 0 Å². The Bertz CT molecular complexity index is 458. The Balaban J connectivity index is 3.21. The summed E-state index contributed by atoms with van der Waals surface area (Å²) in [6.07, 6.45) is -1.92. The van der Waals surface area contributed by atoms with Crippen molar-refractivity contribution in [2.24, 2.45) is 5.16 Å². The molecule has 0 saturated heterocycles. The fourth-order valence-electron chi connectivity index (χ4n) is 2.20. The standard InChI is InChI=1S/C15H31NO6Si2/c1-9-18-14(17)11-12(21-23(3,4)5)13(22-24(6,7)8)15(19-10-2)20-16-11/h12-13,15H,9-10H2,1-8H3/t12-,13-,15-/m1/s1. The average Bonchev–Trinajstić information content (AvgIpc) is 2.40. The lowest BCUT2D eigenvalue weighted by Gasteiger charge is -2.40. The van der Waals surface area contributed by atoms with Crippen molar-refractivity contribution in [3.8, 4) is 0 Å². The number of oxime groups is 1. The summed E-state index contributed by atoms with van der Waals surface area (Å²) in [4.78, 5) is 17.7. The molecule has 0 fully saturated rings. The van der Waals surface area contributed by atoms with E-state index in [1.807, 2.05) is 26.6 Å². The topological polar surface area (TPSA) is 75.6 Å². The van der Waals surface area contributed by atoms with Gasteiger partial charge in [0.05, 0.1) is 6.61 Å². The van der Waals surface area contributed by atoms with Crippen molar-refractivity contribution in [1.82, 2.24) is 0 Å². The molecule has 1 aliphatic heterocycles. The van der Waals surface area contributed by atoms with E-state index >= 15 is 0 Å². The fraction of sp³-hybridized carbons (Fsp3) is 0.867. The van der Waals surface area contributed by atoms with E-state index < -0.39 is 41.1 Å². The molecular weight excluding hydrogens is 346 g/mol. The van der Waals surface area contributed by atoms with Crippen LogP contribution in [0.4, 0.5) is 0 Å². The third-order valence-electron chi connectivity index (χ3n) is 2.88. The highest BCUT2D eigenvalue weighted by molar-refractivity contribution is 6.70. The van der Waals surface area contributed by atoms with Crippen molar-refractivity contribution in [3.63, 3.8) is 0 Å². The first kappa shape index (κ1) is 21.3. The molecule has 3 atom stereocenters. The molecule has 24 heavy (non-hydrogen) atoms. The van der Waals surface area contributed by atoms with Gasteiger partial charge in [-0.05, 0) is 53.1 Å². The van der Waals surface area contributed by atoms with Gasteiger partial charge in [-0.25, -0.2) is 4.79 Å². The van der Waals surface area contributed by atoms with Gasteiger partial charge in [0.2, 0.25) is 0 Å². The minimum atomic E-state index is -1.99. The molecule has 7 nitrogen and oxygen atoms in total. The summed E-state index contributed by atoms with van der Waals surface area (Å²) in [5.41, 5.74) is 0.110. The summed E-state index contributed by atoms with van der Waals surface area (Å²) in [5, 5.41) is 3.94. The van der Waals surface area contributed by atoms with Crippen molar-refractivity contribution in [2.45, 2.75) is 71.6 Å². The van der Waals surface area contributed by atoms with Crippen LogP contribution in [-0.2, 0) is 28.0 Å². The maximum atomic E-state index is 12.3. The molecule has 0 aromatic carbocycles. The van der Waals surface area contributed by atoms with Gasteiger partial charge in [-0.15, -0.1) is 0 Å². The first-order valence-corrected chi connectivity index (χ1v) is 15.2. The third kappa shape index (κ3) is 6.63. The molecule has 0 bridgehead atoms. The van der Waals surface area contributed by atoms with Crippen molar-refractivity contribution < 1.29 is 28.0 Å². The van der Waals surface area contributed by atoms with Crippen molar-refractivity contribution >= 4 is 28.3 Å². The van der Waals surface area contributed by atoms with Gasteiger partial charge in [0.25, 0.3) is 6.29 Å². The summed E-state index contributed by atoms with van der Waals surface area (Å²) in [6, 6.07) is 0. The van der Waals surface area contributed by atoms with Gasteiger partial charge >= 0.3 is 5.97 Å². The predicted molar refractivity (Wildman–Crippen MR) is 97.0 cm³/mol. The molecule has 0 unspecified atom stereocenters. The summed E-state index contributed by atoms with van der Waals surface area (Å²) in [7, 11) is -3.94. The van der Waals surface area contributed by atoms with Crippen LogP contribution in [0.5, 0.6) is 0 Å². The van der Waals surface area contributed by atoms with E-state index in [0.29, 0.717) is 6.61 Å². The first-order chi connectivity index (χ1) is 11.0. The van der Waals surface area contributed by atoms with Crippen LogP contribution in [0.15, 0.2) is 5.16 Å². The fourth-order valence-corrected chi connectivity index (χ4v) is 4.26. The largest absolute Gasteiger partial charge is 0.461 e. The zero-order valence-electron chi connectivity index (χ0n) is 16.0. The monoisotopic (exact) mass is 377 g/mol. The van der Waals surface area contributed by atoms with Crippen LogP contribution in [0.3, 0.4) is 0 Å². The molecule has 0 N–H and O–H groups in total. The summed E-state index contributed by atoms with van der Waals surface area (Å²) >= 11 is 0. The number of esters is 1. The second-order valence-electron chi connectivity index (χ2n) is 7.47. The Labute approximate surface area is 146 Å². The molecule has 0 radical (unpaired) electrons. The molecule has 140 valence electrons. The molecule has 1 heterocycles. The van der Waals surface area contributed by atoms with Crippen LogP contribution in [0.1, 0.15) is 13.8 Å². The normalized spacial score (nSPS) is 25.0. The third-order valence-corrected chi connectivity index (χ3v) is 4.82. The van der Waals surface area contributed by atoms with Gasteiger partial charge < -0.3 is 23.2 Å². The summed E-state index contributed by atoms with van der Waals surface area (Å²) < 4.78 is 23.2. The molecule has 0 spiro atoms. The van der Waals surface area contributed by atoms with E-state index in [4.69, 9.17) is 23.2 Å². The molecule has 0 aromatic heterocycles. The molecule has 0 aliphatic carbocycles. The number of rotatable bonds is 8. The van der Waals surface area contributed by atoms with Crippen LogP contribution in [-0.4, -0.2) is 60.0 Å². The molecular formula is C15H31NO6Si2. The van der Waals surface area contributed by atoms with E-state index in [0.717, 1.165) is 0 Å². The highest BCUT2D eigenvalue weighted by Gasteiger charge is 2.47. The Morgan fingerprint density at radius 2 is 1.62 bits per heavy atom. The minimum Gasteiger partial charge on any atom is -0.461 e. The van der Waals surface area contributed by atoms with E-state index in [1.54, 1.807) is 6.92 Å². The highest BCUT2D eigenvalue weighted by atomic mass is 28.4. The molecule has 0 amide bonds. The van der Waals surface area contributed by atoms with Gasteiger partial charge in [0.15, 0.2) is 22.3 Å². The van der Waals surface area contributed by atoms with Gasteiger partial charge in [-0.3, -0.25) is 0 Å². The molecule has 1 rings (SSSR count). The number of hydrogen-bond donors (Lipinski definition) is 0. The van der Waals surface area contributed by atoms with Gasteiger partial charge in [0.1, 0.15) is 12.2 Å². The lowest BCUT2D eigenvalue weighted by molar-refractivity contribution is -0.210. The average molecular weight is 378 g/mol. The zero-order chi connectivity index (χ0) is 18.5. The second-order valence-corrected chi connectivity index (χ2v) is 16.4. The van der Waals surface area contributed by atoms with Crippen LogP contribution < -0.4 is 0 Å². The Morgan fingerprint density at radius 1 is 1.04 bits per heavy atom. The number of ether oxygens (including phenoxy) is 2. The number of carbonyl (C=O) groups is 1. The van der Waals surface area contributed by atoms with Gasteiger partial charge in [-0.2, -0.15) is 0 Å². The van der Waals surface area contributed by atoms with Crippen molar-refractivity contribution in [2.75, 3.05) is 13.2 Å². The number of nitrogens with zero attached hydrogens (tertiary/aromatic N) is 1. The van der Waals surface area contributed by atoms with E-state index in [9.17, 15) is 4.79 Å². The van der Waals surface area contributed by atoms with E-state index in [-0.39, 0.29) is 12.3 Å². The van der Waals surface area contributed by atoms with Crippen LogP contribution in [0.2, 0.25) is 39.3 Å². The smallest absolute Gasteiger partial charge is 0.358 e. The van der Waals surface area contributed by atoms with Crippen molar-refractivity contribution in [1.29, 1.82) is 0 Å². The summed E-state index contributed by atoms with van der Waals surface area (Å²) in [5.74, 6) is -0.542. The minimum absolute atomic E-state index is 0.110. The summed E-state index contributed by atoms with van der Waals surface area (Å²) in [6.45, 7) is 16.7. The Hall–Kier alpha value is -0.746. The van der Waals surface area contributed by atoms with Crippen LogP contribution >= 0.6 is 0 Å². The van der Waals surface area contributed by atoms with Crippen LogP contribution in [0, 0.1) is 0 Å². The maximum absolute atomic E-state index is 12.3. The Kier molecular flexibility index (Phi) is 7.60. The van der Waals surface area contributed by atoms with Gasteiger partial charge in [-0.1, -0.05) is 5.16 Å². The lowest BCUT2D eigenvalue weighted by Crippen LogP contribution is -2.58. The quantitative estimate of drug-likeness (QED) is 0.478. The molecule has 0 aromatic rings. The lowest BCUT2D eigenvalue weighted by atomic mass is 10.1. The SMILES string of the molecule is CCOC(=O)C1=NO[C@@H](OCC)[C@H](O[Si](C)(C)C)[C@@H]1O[Si](C)(C)C. The second kappa shape index (κ2) is 8.57. The highest BCUT2D eigenvalue weighted by Crippen LogP contribution is 2.26. The van der Waals surface area contributed by atoms with Crippen LogP contribution in [0.25, 0.3) is 0 Å². The maximum Gasteiger partial charge on any atom is 0.358 e.